The van der Waals surface area contributed by atoms with Gasteiger partial charge in [0.25, 0.3) is 0 Å². The second-order valence-corrected chi connectivity index (χ2v) is 4.94. The normalized spacial score (nSPS) is 20.2. The molecule has 1 unspecified atom stereocenters. The van der Waals surface area contributed by atoms with Gasteiger partial charge in [0.15, 0.2) is 17.4 Å². The van der Waals surface area contributed by atoms with Crippen LogP contribution in [0.2, 0.25) is 0 Å². The number of benzene rings is 1. The first-order valence-corrected chi connectivity index (χ1v) is 6.49. The van der Waals surface area contributed by atoms with Crippen molar-refractivity contribution < 1.29 is 18.3 Å². The van der Waals surface area contributed by atoms with Gasteiger partial charge in [-0.1, -0.05) is 12.1 Å². The monoisotopic (exact) mass is 258 g/mol. The molecule has 1 aromatic carbocycles. The molecule has 1 aromatic rings. The molecule has 0 radical (unpaired) electrons. The van der Waals surface area contributed by atoms with Crippen molar-refractivity contribution in [1.82, 2.24) is 0 Å². The number of rotatable bonds is 3. The van der Waals surface area contributed by atoms with E-state index in [1.54, 1.807) is 11.8 Å². The molecular weight excluding hydrogens is 246 g/mol. The molecule has 1 atom stereocenters. The van der Waals surface area contributed by atoms with Crippen molar-refractivity contribution in [2.24, 2.45) is 0 Å². The SMILES string of the molecule is O=C(Cc1cccc(F)c1F)C1CSCCO1. The summed E-state index contributed by atoms with van der Waals surface area (Å²) in [6, 6.07) is 3.86. The number of carbonyl (C=O) groups excluding carboxylic acids is 1. The molecule has 1 saturated heterocycles. The third-order valence-corrected chi connectivity index (χ3v) is 3.57. The Kier molecular flexibility index (Phi) is 4.12. The molecule has 1 heterocycles. The Morgan fingerprint density at radius 1 is 1.47 bits per heavy atom. The Balaban J connectivity index is 2.04. The van der Waals surface area contributed by atoms with Crippen molar-refractivity contribution in [3.63, 3.8) is 0 Å². The molecule has 0 bridgehead atoms. The van der Waals surface area contributed by atoms with Gasteiger partial charge in [0.1, 0.15) is 6.10 Å². The summed E-state index contributed by atoms with van der Waals surface area (Å²) in [7, 11) is 0. The second-order valence-electron chi connectivity index (χ2n) is 3.79. The maximum atomic E-state index is 13.4. The van der Waals surface area contributed by atoms with Gasteiger partial charge in [0.2, 0.25) is 0 Å². The first-order chi connectivity index (χ1) is 8.18. The van der Waals surface area contributed by atoms with Crippen LogP contribution in [0.1, 0.15) is 5.56 Å². The molecule has 0 aliphatic carbocycles. The molecular formula is C12H12F2O2S. The number of hydrogen-bond acceptors (Lipinski definition) is 3. The quantitative estimate of drug-likeness (QED) is 0.831. The van der Waals surface area contributed by atoms with Gasteiger partial charge in [-0.3, -0.25) is 4.79 Å². The summed E-state index contributed by atoms with van der Waals surface area (Å²) in [5.74, 6) is -0.589. The fourth-order valence-electron chi connectivity index (χ4n) is 1.66. The van der Waals surface area contributed by atoms with E-state index >= 15 is 0 Å². The largest absolute Gasteiger partial charge is 0.369 e. The molecule has 1 aliphatic rings. The summed E-state index contributed by atoms with van der Waals surface area (Å²) < 4.78 is 31.6. The minimum Gasteiger partial charge on any atom is -0.369 e. The molecule has 0 saturated carbocycles. The molecule has 0 aromatic heterocycles. The van der Waals surface area contributed by atoms with Crippen molar-refractivity contribution in [2.45, 2.75) is 12.5 Å². The number of halogens is 2. The van der Waals surface area contributed by atoms with Crippen molar-refractivity contribution in [3.8, 4) is 0 Å². The van der Waals surface area contributed by atoms with Gasteiger partial charge in [-0.2, -0.15) is 11.8 Å². The Hall–Kier alpha value is -0.940. The Morgan fingerprint density at radius 2 is 2.29 bits per heavy atom. The maximum absolute atomic E-state index is 13.4. The van der Waals surface area contributed by atoms with Crippen molar-refractivity contribution >= 4 is 17.5 Å². The first kappa shape index (κ1) is 12.5. The van der Waals surface area contributed by atoms with Crippen molar-refractivity contribution in [3.05, 3.63) is 35.4 Å². The summed E-state index contributed by atoms with van der Waals surface area (Å²) in [4.78, 5) is 11.8. The molecule has 5 heteroatoms. The van der Waals surface area contributed by atoms with Gasteiger partial charge >= 0.3 is 0 Å². The zero-order valence-electron chi connectivity index (χ0n) is 9.12. The summed E-state index contributed by atoms with van der Waals surface area (Å²) >= 11 is 1.64. The predicted molar refractivity (Wildman–Crippen MR) is 62.1 cm³/mol. The van der Waals surface area contributed by atoms with Crippen LogP contribution in [0.25, 0.3) is 0 Å². The predicted octanol–water partition coefficient (Wildman–Crippen LogP) is 2.21. The summed E-state index contributed by atoms with van der Waals surface area (Å²) in [6.45, 7) is 0.534. The van der Waals surface area contributed by atoms with E-state index in [1.165, 1.54) is 12.1 Å². The number of thioether (sulfide) groups is 1. The van der Waals surface area contributed by atoms with Gasteiger partial charge in [0.05, 0.1) is 6.61 Å². The zero-order valence-corrected chi connectivity index (χ0v) is 9.93. The lowest BCUT2D eigenvalue weighted by atomic mass is 10.1. The Morgan fingerprint density at radius 3 is 3.00 bits per heavy atom. The van der Waals surface area contributed by atoms with E-state index in [0.29, 0.717) is 12.4 Å². The Bertz CT molecular complexity index is 417. The number of ketones is 1. The van der Waals surface area contributed by atoms with Crippen LogP contribution >= 0.6 is 11.8 Å². The average Bonchev–Trinajstić information content (AvgIpc) is 2.36. The molecule has 1 fully saturated rings. The smallest absolute Gasteiger partial charge is 0.166 e. The van der Waals surface area contributed by atoms with Crippen molar-refractivity contribution in [2.75, 3.05) is 18.1 Å². The minimum absolute atomic E-state index is 0.0918. The van der Waals surface area contributed by atoms with Gasteiger partial charge < -0.3 is 4.74 Å². The molecule has 2 rings (SSSR count). The van der Waals surface area contributed by atoms with Crippen LogP contribution in [-0.2, 0) is 16.0 Å². The van der Waals surface area contributed by atoms with Crippen molar-refractivity contribution in [1.29, 1.82) is 0 Å². The highest BCUT2D eigenvalue weighted by Crippen LogP contribution is 2.17. The summed E-state index contributed by atoms with van der Waals surface area (Å²) in [5.41, 5.74) is 0.0918. The van der Waals surface area contributed by atoms with E-state index in [2.05, 4.69) is 0 Å². The van der Waals surface area contributed by atoms with E-state index in [0.717, 1.165) is 11.8 Å². The highest BCUT2D eigenvalue weighted by molar-refractivity contribution is 7.99. The van der Waals surface area contributed by atoms with Crippen LogP contribution in [0, 0.1) is 11.6 Å². The zero-order chi connectivity index (χ0) is 12.3. The standard InChI is InChI=1S/C12H12F2O2S/c13-9-3-1-2-8(12(9)14)6-10(15)11-7-17-5-4-16-11/h1-3,11H,4-7H2. The van der Waals surface area contributed by atoms with Gasteiger partial charge in [-0.25, -0.2) is 8.78 Å². The van der Waals surface area contributed by atoms with Crippen LogP contribution in [0.5, 0.6) is 0 Å². The highest BCUT2D eigenvalue weighted by atomic mass is 32.2. The molecule has 92 valence electrons. The van der Waals surface area contributed by atoms with Gasteiger partial charge in [0, 0.05) is 17.9 Å². The summed E-state index contributed by atoms with van der Waals surface area (Å²) in [6.07, 6.45) is -0.606. The fraction of sp³-hybridized carbons (Fsp3) is 0.417. The molecule has 0 spiro atoms. The topological polar surface area (TPSA) is 26.3 Å². The first-order valence-electron chi connectivity index (χ1n) is 5.33. The molecule has 2 nitrogen and oxygen atoms in total. The molecule has 17 heavy (non-hydrogen) atoms. The fourth-order valence-corrected chi connectivity index (χ4v) is 2.54. The summed E-state index contributed by atoms with van der Waals surface area (Å²) in [5, 5.41) is 0. The maximum Gasteiger partial charge on any atom is 0.166 e. The molecule has 1 aliphatic heterocycles. The van der Waals surface area contributed by atoms with E-state index in [-0.39, 0.29) is 17.8 Å². The van der Waals surface area contributed by atoms with E-state index < -0.39 is 17.7 Å². The lowest BCUT2D eigenvalue weighted by Gasteiger charge is -2.21. The van der Waals surface area contributed by atoms with Gasteiger partial charge in [-0.15, -0.1) is 0 Å². The van der Waals surface area contributed by atoms with Crippen LogP contribution in [0.4, 0.5) is 8.78 Å². The van der Waals surface area contributed by atoms with Crippen LogP contribution in [-0.4, -0.2) is 30.0 Å². The molecule has 0 N–H and O–H groups in total. The lowest BCUT2D eigenvalue weighted by molar-refractivity contribution is -0.128. The van der Waals surface area contributed by atoms with Crippen LogP contribution in [0.3, 0.4) is 0 Å². The number of hydrogen-bond donors (Lipinski definition) is 0. The average molecular weight is 258 g/mol. The number of ether oxygens (including phenoxy) is 1. The second kappa shape index (κ2) is 5.60. The van der Waals surface area contributed by atoms with E-state index in [9.17, 15) is 13.6 Å². The third-order valence-electron chi connectivity index (χ3n) is 2.57. The van der Waals surface area contributed by atoms with Gasteiger partial charge in [-0.05, 0) is 11.6 Å². The lowest BCUT2D eigenvalue weighted by Crippen LogP contribution is -2.32. The van der Waals surface area contributed by atoms with E-state index in [4.69, 9.17) is 4.74 Å². The molecule has 0 amide bonds. The number of Topliss-reactive ketones (excluding diaryl/α,β-unsaturated/α-hetero) is 1. The third kappa shape index (κ3) is 3.04. The van der Waals surface area contributed by atoms with E-state index in [1.807, 2.05) is 0 Å². The number of carbonyl (C=O) groups is 1. The highest BCUT2D eigenvalue weighted by Gasteiger charge is 2.23. The van der Waals surface area contributed by atoms with Crippen LogP contribution < -0.4 is 0 Å². The minimum atomic E-state index is -0.940. The Labute approximate surface area is 102 Å². The van der Waals surface area contributed by atoms with Crippen LogP contribution in [0.15, 0.2) is 18.2 Å².